The van der Waals surface area contributed by atoms with Crippen LogP contribution in [0.2, 0.25) is 0 Å². The molecule has 0 spiro atoms. The quantitative estimate of drug-likeness (QED) is 0.730. The van der Waals surface area contributed by atoms with Crippen molar-refractivity contribution >= 4 is 11.3 Å². The maximum Gasteiger partial charge on any atom is 0.0630 e. The zero-order valence-electron chi connectivity index (χ0n) is 11.1. The largest absolute Gasteiger partial charge is 0.383 e. The Morgan fingerprint density at radius 3 is 2.94 bits per heavy atom. The van der Waals surface area contributed by atoms with Crippen molar-refractivity contribution in [1.29, 1.82) is 0 Å². The van der Waals surface area contributed by atoms with E-state index in [2.05, 4.69) is 41.7 Å². The highest BCUT2D eigenvalue weighted by molar-refractivity contribution is 7.09. The lowest BCUT2D eigenvalue weighted by Gasteiger charge is -2.27. The summed E-state index contributed by atoms with van der Waals surface area (Å²) in [5, 5.41) is 5.53. The van der Waals surface area contributed by atoms with E-state index in [9.17, 15) is 0 Å². The lowest BCUT2D eigenvalue weighted by atomic mass is 10.2. The topological polar surface area (TPSA) is 24.5 Å². The Balaban J connectivity index is 2.32. The molecule has 0 radical (unpaired) electrons. The van der Waals surface area contributed by atoms with E-state index in [-0.39, 0.29) is 0 Å². The summed E-state index contributed by atoms with van der Waals surface area (Å²) in [6.07, 6.45) is 1.13. The molecule has 1 N–H and O–H groups in total. The number of hydrogen-bond acceptors (Lipinski definition) is 4. The minimum atomic E-state index is 0.458. The van der Waals surface area contributed by atoms with Crippen LogP contribution in [0.5, 0.6) is 0 Å². The third-order valence-electron chi connectivity index (χ3n) is 2.90. The predicted molar refractivity (Wildman–Crippen MR) is 74.9 cm³/mol. The van der Waals surface area contributed by atoms with Crippen molar-refractivity contribution < 1.29 is 4.74 Å². The van der Waals surface area contributed by atoms with Gasteiger partial charge in [0.25, 0.3) is 0 Å². The molecule has 0 bridgehead atoms. The van der Waals surface area contributed by atoms with Crippen LogP contribution in [0.15, 0.2) is 17.5 Å². The van der Waals surface area contributed by atoms with Crippen molar-refractivity contribution in [3.63, 3.8) is 0 Å². The second kappa shape index (κ2) is 8.64. The van der Waals surface area contributed by atoms with Gasteiger partial charge in [-0.3, -0.25) is 4.90 Å². The first-order valence-electron chi connectivity index (χ1n) is 6.20. The Bertz CT molecular complexity index is 277. The number of likely N-dealkylation sites (N-methyl/N-ethyl adjacent to an activating group) is 2. The molecule has 0 aromatic carbocycles. The second-order valence-corrected chi connectivity index (χ2v) is 5.26. The van der Waals surface area contributed by atoms with E-state index >= 15 is 0 Å². The van der Waals surface area contributed by atoms with Crippen molar-refractivity contribution in [3.05, 3.63) is 22.4 Å². The summed E-state index contributed by atoms with van der Waals surface area (Å²) in [6.45, 7) is 6.01. The molecular formula is C13H24N2OS. The SMILES string of the molecule is CCNCC(COC)N(C)CCc1cccs1. The zero-order valence-corrected chi connectivity index (χ0v) is 11.9. The van der Waals surface area contributed by atoms with Gasteiger partial charge in [0.05, 0.1) is 6.61 Å². The van der Waals surface area contributed by atoms with Crippen LogP contribution in [0.1, 0.15) is 11.8 Å². The summed E-state index contributed by atoms with van der Waals surface area (Å²) in [5.41, 5.74) is 0. The number of hydrogen-bond donors (Lipinski definition) is 1. The number of methoxy groups -OCH3 is 1. The maximum atomic E-state index is 5.28. The summed E-state index contributed by atoms with van der Waals surface area (Å²) in [4.78, 5) is 3.84. The second-order valence-electron chi connectivity index (χ2n) is 4.23. The maximum absolute atomic E-state index is 5.28. The number of thiophene rings is 1. The Kier molecular flexibility index (Phi) is 7.44. The molecule has 1 heterocycles. The van der Waals surface area contributed by atoms with Crippen LogP contribution in [0.25, 0.3) is 0 Å². The highest BCUT2D eigenvalue weighted by Crippen LogP contribution is 2.10. The molecule has 0 aliphatic heterocycles. The van der Waals surface area contributed by atoms with Crippen LogP contribution in [0.3, 0.4) is 0 Å². The predicted octanol–water partition coefficient (Wildman–Crippen LogP) is 1.85. The van der Waals surface area contributed by atoms with E-state index in [1.54, 1.807) is 7.11 Å². The molecule has 0 amide bonds. The molecule has 98 valence electrons. The summed E-state index contributed by atoms with van der Waals surface area (Å²) < 4.78 is 5.28. The third kappa shape index (κ3) is 5.64. The Morgan fingerprint density at radius 2 is 2.35 bits per heavy atom. The Hall–Kier alpha value is -0.420. The Labute approximate surface area is 109 Å². The monoisotopic (exact) mass is 256 g/mol. The first-order chi connectivity index (χ1) is 8.27. The van der Waals surface area contributed by atoms with Crippen molar-refractivity contribution in [2.45, 2.75) is 19.4 Å². The van der Waals surface area contributed by atoms with Gasteiger partial charge in [-0.05, 0) is 31.5 Å². The highest BCUT2D eigenvalue weighted by atomic mass is 32.1. The van der Waals surface area contributed by atoms with Gasteiger partial charge in [0.1, 0.15) is 0 Å². The molecule has 1 aromatic heterocycles. The molecule has 0 saturated carbocycles. The van der Waals surface area contributed by atoms with Gasteiger partial charge < -0.3 is 10.1 Å². The summed E-state index contributed by atoms with van der Waals surface area (Å²) in [6, 6.07) is 4.78. The van der Waals surface area contributed by atoms with E-state index in [0.29, 0.717) is 6.04 Å². The molecule has 1 aromatic rings. The minimum absolute atomic E-state index is 0.458. The molecule has 0 fully saturated rings. The number of nitrogens with zero attached hydrogens (tertiary/aromatic N) is 1. The van der Waals surface area contributed by atoms with Gasteiger partial charge in [-0.2, -0.15) is 0 Å². The fraction of sp³-hybridized carbons (Fsp3) is 0.692. The molecule has 0 aliphatic rings. The van der Waals surface area contributed by atoms with E-state index < -0.39 is 0 Å². The highest BCUT2D eigenvalue weighted by Gasteiger charge is 2.13. The molecule has 0 aliphatic carbocycles. The Morgan fingerprint density at radius 1 is 1.53 bits per heavy atom. The minimum Gasteiger partial charge on any atom is -0.383 e. The smallest absolute Gasteiger partial charge is 0.0630 e. The lowest BCUT2D eigenvalue weighted by Crippen LogP contribution is -2.43. The van der Waals surface area contributed by atoms with Crippen LogP contribution >= 0.6 is 11.3 Å². The third-order valence-corrected chi connectivity index (χ3v) is 3.84. The van der Waals surface area contributed by atoms with E-state index in [4.69, 9.17) is 4.74 Å². The van der Waals surface area contributed by atoms with Gasteiger partial charge in [-0.1, -0.05) is 13.0 Å². The first-order valence-corrected chi connectivity index (χ1v) is 7.08. The van der Waals surface area contributed by atoms with Crippen molar-refractivity contribution in [1.82, 2.24) is 10.2 Å². The van der Waals surface area contributed by atoms with Crippen LogP contribution in [0.4, 0.5) is 0 Å². The van der Waals surface area contributed by atoms with Gasteiger partial charge in [-0.15, -0.1) is 11.3 Å². The van der Waals surface area contributed by atoms with Crippen molar-refractivity contribution in [2.75, 3.05) is 40.4 Å². The normalized spacial score (nSPS) is 13.2. The first kappa shape index (κ1) is 14.6. The summed E-state index contributed by atoms with van der Waals surface area (Å²) in [5.74, 6) is 0. The number of nitrogens with one attached hydrogen (secondary N) is 1. The molecule has 3 nitrogen and oxygen atoms in total. The van der Waals surface area contributed by atoms with Crippen LogP contribution in [0, 0.1) is 0 Å². The van der Waals surface area contributed by atoms with Crippen LogP contribution in [-0.4, -0.2) is 51.3 Å². The average molecular weight is 256 g/mol. The van der Waals surface area contributed by atoms with Gasteiger partial charge in [0.2, 0.25) is 0 Å². The number of rotatable bonds is 9. The molecule has 1 unspecified atom stereocenters. The fourth-order valence-corrected chi connectivity index (χ4v) is 2.47. The summed E-state index contributed by atoms with van der Waals surface area (Å²) >= 11 is 1.83. The molecule has 4 heteroatoms. The zero-order chi connectivity index (χ0) is 12.5. The van der Waals surface area contributed by atoms with E-state index in [1.165, 1.54) is 4.88 Å². The fourth-order valence-electron chi connectivity index (χ4n) is 1.77. The van der Waals surface area contributed by atoms with E-state index in [1.807, 2.05) is 11.3 Å². The number of ether oxygens (including phenoxy) is 1. The average Bonchev–Trinajstić information content (AvgIpc) is 2.84. The molecule has 1 rings (SSSR count). The van der Waals surface area contributed by atoms with Crippen molar-refractivity contribution in [2.24, 2.45) is 0 Å². The van der Waals surface area contributed by atoms with Gasteiger partial charge in [-0.25, -0.2) is 0 Å². The van der Waals surface area contributed by atoms with Gasteiger partial charge in [0.15, 0.2) is 0 Å². The summed E-state index contributed by atoms with van der Waals surface area (Å²) in [7, 11) is 3.95. The van der Waals surface area contributed by atoms with Gasteiger partial charge >= 0.3 is 0 Å². The van der Waals surface area contributed by atoms with Crippen LogP contribution in [-0.2, 0) is 11.2 Å². The van der Waals surface area contributed by atoms with Gasteiger partial charge in [0, 0.05) is 31.1 Å². The lowest BCUT2D eigenvalue weighted by molar-refractivity contribution is 0.106. The molecule has 0 saturated heterocycles. The van der Waals surface area contributed by atoms with Crippen LogP contribution < -0.4 is 5.32 Å². The molecule has 17 heavy (non-hydrogen) atoms. The standard InChI is InChI=1S/C13H24N2OS/c1-4-14-10-12(11-16-3)15(2)8-7-13-6-5-9-17-13/h5-6,9,12,14H,4,7-8,10-11H2,1-3H3. The molecular weight excluding hydrogens is 232 g/mol. The van der Waals surface area contributed by atoms with Crippen molar-refractivity contribution in [3.8, 4) is 0 Å². The van der Waals surface area contributed by atoms with E-state index in [0.717, 1.165) is 32.7 Å². The molecule has 1 atom stereocenters.